The number of rotatable bonds is 4. The molecule has 2 aliphatic heterocycles. The van der Waals surface area contributed by atoms with Crippen LogP contribution < -0.4 is 10.2 Å². The standard InChI is InChI=1S/C20H25N5O2/c1-15-21-17(20(26)25-8-4-5-9-25)14-19(22-15)23-16-6-2-3-7-18(16)24-10-12-27-13-11-24/h2-3,6-7,14H,4-5,8-13H2,1H3,(H,21,22,23). The highest BCUT2D eigenvalue weighted by Gasteiger charge is 2.22. The molecule has 4 rings (SSSR count). The van der Waals surface area contributed by atoms with Crippen molar-refractivity contribution in [2.24, 2.45) is 0 Å². The summed E-state index contributed by atoms with van der Waals surface area (Å²) in [5, 5.41) is 3.39. The van der Waals surface area contributed by atoms with Crippen molar-refractivity contribution in [2.45, 2.75) is 19.8 Å². The minimum Gasteiger partial charge on any atom is -0.378 e. The number of anilines is 3. The Bertz CT molecular complexity index is 814. The number of morpholine rings is 1. The van der Waals surface area contributed by atoms with E-state index in [1.807, 2.05) is 30.0 Å². The van der Waals surface area contributed by atoms with Gasteiger partial charge in [-0.3, -0.25) is 4.79 Å². The molecule has 0 bridgehead atoms. The Kier molecular flexibility index (Phi) is 5.20. The monoisotopic (exact) mass is 367 g/mol. The van der Waals surface area contributed by atoms with Crippen LogP contribution in [0.4, 0.5) is 17.2 Å². The Hall–Kier alpha value is -2.67. The lowest BCUT2D eigenvalue weighted by Gasteiger charge is -2.30. The predicted octanol–water partition coefficient (Wildman–Crippen LogP) is 2.60. The van der Waals surface area contributed by atoms with Gasteiger partial charge in [-0.25, -0.2) is 9.97 Å². The van der Waals surface area contributed by atoms with Crippen LogP contribution in [0.5, 0.6) is 0 Å². The maximum atomic E-state index is 12.7. The van der Waals surface area contributed by atoms with Gasteiger partial charge in [0.1, 0.15) is 17.3 Å². The number of benzene rings is 1. The van der Waals surface area contributed by atoms with Crippen molar-refractivity contribution in [1.29, 1.82) is 0 Å². The van der Waals surface area contributed by atoms with E-state index in [-0.39, 0.29) is 5.91 Å². The highest BCUT2D eigenvalue weighted by Crippen LogP contribution is 2.29. The highest BCUT2D eigenvalue weighted by atomic mass is 16.5. The van der Waals surface area contributed by atoms with Gasteiger partial charge < -0.3 is 19.9 Å². The molecule has 7 nitrogen and oxygen atoms in total. The van der Waals surface area contributed by atoms with Crippen molar-refractivity contribution < 1.29 is 9.53 Å². The van der Waals surface area contributed by atoms with Gasteiger partial charge >= 0.3 is 0 Å². The van der Waals surface area contributed by atoms with E-state index in [1.165, 1.54) is 0 Å². The van der Waals surface area contributed by atoms with E-state index in [0.717, 1.165) is 63.6 Å². The van der Waals surface area contributed by atoms with Crippen LogP contribution in [0.15, 0.2) is 30.3 Å². The van der Waals surface area contributed by atoms with Gasteiger partial charge in [0.15, 0.2) is 0 Å². The number of nitrogens with zero attached hydrogens (tertiary/aromatic N) is 4. The maximum Gasteiger partial charge on any atom is 0.272 e. The molecule has 0 atom stereocenters. The van der Waals surface area contributed by atoms with E-state index in [4.69, 9.17) is 4.74 Å². The molecule has 1 aromatic heterocycles. The first-order chi connectivity index (χ1) is 13.2. The van der Waals surface area contributed by atoms with Crippen molar-refractivity contribution in [1.82, 2.24) is 14.9 Å². The fourth-order valence-corrected chi connectivity index (χ4v) is 3.62. The Morgan fingerprint density at radius 2 is 1.81 bits per heavy atom. The minimum atomic E-state index is -0.0116. The fraction of sp³-hybridized carbons (Fsp3) is 0.450. The number of amides is 1. The van der Waals surface area contributed by atoms with Gasteiger partial charge in [0.05, 0.1) is 24.6 Å². The number of aromatic nitrogens is 2. The van der Waals surface area contributed by atoms with E-state index >= 15 is 0 Å². The van der Waals surface area contributed by atoms with Crippen LogP contribution in [0, 0.1) is 6.92 Å². The molecule has 142 valence electrons. The number of carbonyl (C=O) groups is 1. The van der Waals surface area contributed by atoms with Gasteiger partial charge in [0.2, 0.25) is 0 Å². The zero-order valence-corrected chi connectivity index (χ0v) is 15.6. The molecule has 27 heavy (non-hydrogen) atoms. The lowest BCUT2D eigenvalue weighted by atomic mass is 10.2. The second-order valence-corrected chi connectivity index (χ2v) is 6.93. The summed E-state index contributed by atoms with van der Waals surface area (Å²) in [6, 6.07) is 9.91. The number of para-hydroxylation sites is 2. The Morgan fingerprint density at radius 1 is 1.07 bits per heavy atom. The summed E-state index contributed by atoms with van der Waals surface area (Å²) in [6.45, 7) is 6.63. The van der Waals surface area contributed by atoms with Crippen molar-refractivity contribution in [3.8, 4) is 0 Å². The topological polar surface area (TPSA) is 70.6 Å². The Morgan fingerprint density at radius 3 is 2.59 bits per heavy atom. The molecule has 0 unspecified atom stereocenters. The zero-order chi connectivity index (χ0) is 18.6. The van der Waals surface area contributed by atoms with Crippen LogP contribution in [-0.4, -0.2) is 60.2 Å². The molecule has 1 N–H and O–H groups in total. The Labute approximate surface area is 159 Å². The molecule has 2 fully saturated rings. The van der Waals surface area contributed by atoms with Gasteiger partial charge in [-0.1, -0.05) is 12.1 Å². The molecule has 0 radical (unpaired) electrons. The van der Waals surface area contributed by atoms with Crippen molar-refractivity contribution in [3.63, 3.8) is 0 Å². The molecule has 3 heterocycles. The molecule has 2 aromatic rings. The number of hydrogen-bond donors (Lipinski definition) is 1. The molecule has 0 spiro atoms. The summed E-state index contributed by atoms with van der Waals surface area (Å²) in [5.74, 6) is 1.22. The van der Waals surface area contributed by atoms with E-state index in [1.54, 1.807) is 6.07 Å². The second kappa shape index (κ2) is 7.92. The van der Waals surface area contributed by atoms with Gasteiger partial charge in [-0.15, -0.1) is 0 Å². The van der Waals surface area contributed by atoms with Crippen LogP contribution in [0.1, 0.15) is 29.2 Å². The number of aryl methyl sites for hydroxylation is 1. The van der Waals surface area contributed by atoms with E-state index < -0.39 is 0 Å². The highest BCUT2D eigenvalue weighted by molar-refractivity contribution is 5.93. The van der Waals surface area contributed by atoms with Crippen LogP contribution in [0.25, 0.3) is 0 Å². The fourth-order valence-electron chi connectivity index (χ4n) is 3.62. The van der Waals surface area contributed by atoms with Crippen molar-refractivity contribution in [3.05, 3.63) is 41.9 Å². The van der Waals surface area contributed by atoms with Crippen molar-refractivity contribution in [2.75, 3.05) is 49.6 Å². The molecule has 1 aromatic carbocycles. The molecule has 2 aliphatic rings. The van der Waals surface area contributed by atoms with Crippen LogP contribution in [0.3, 0.4) is 0 Å². The smallest absolute Gasteiger partial charge is 0.272 e. The zero-order valence-electron chi connectivity index (χ0n) is 15.6. The largest absolute Gasteiger partial charge is 0.378 e. The number of nitrogens with one attached hydrogen (secondary N) is 1. The number of hydrogen-bond acceptors (Lipinski definition) is 6. The quantitative estimate of drug-likeness (QED) is 0.896. The number of carbonyl (C=O) groups excluding carboxylic acids is 1. The molecule has 1 amide bonds. The summed E-state index contributed by atoms with van der Waals surface area (Å²) >= 11 is 0. The van der Waals surface area contributed by atoms with Gasteiger partial charge in [0.25, 0.3) is 5.91 Å². The summed E-state index contributed by atoms with van der Waals surface area (Å²) in [6.07, 6.45) is 2.13. The third-order valence-electron chi connectivity index (χ3n) is 4.97. The maximum absolute atomic E-state index is 12.7. The molecule has 0 saturated carbocycles. The summed E-state index contributed by atoms with van der Waals surface area (Å²) in [7, 11) is 0. The lowest BCUT2D eigenvalue weighted by molar-refractivity contribution is 0.0786. The van der Waals surface area contributed by atoms with E-state index in [2.05, 4.69) is 26.3 Å². The molecule has 7 heteroatoms. The minimum absolute atomic E-state index is 0.0116. The summed E-state index contributed by atoms with van der Waals surface area (Å²) in [4.78, 5) is 25.7. The first kappa shape index (κ1) is 17.7. The van der Waals surface area contributed by atoms with Gasteiger partial charge in [-0.05, 0) is 31.9 Å². The number of ether oxygens (including phenoxy) is 1. The van der Waals surface area contributed by atoms with Crippen molar-refractivity contribution >= 4 is 23.1 Å². The summed E-state index contributed by atoms with van der Waals surface area (Å²) < 4.78 is 5.46. The second-order valence-electron chi connectivity index (χ2n) is 6.93. The van der Waals surface area contributed by atoms with E-state index in [9.17, 15) is 4.79 Å². The van der Waals surface area contributed by atoms with Gasteiger partial charge in [0, 0.05) is 32.2 Å². The first-order valence-electron chi connectivity index (χ1n) is 9.54. The van der Waals surface area contributed by atoms with Crippen LogP contribution in [-0.2, 0) is 4.74 Å². The molecular weight excluding hydrogens is 342 g/mol. The van der Waals surface area contributed by atoms with Crippen LogP contribution >= 0.6 is 0 Å². The molecule has 2 saturated heterocycles. The number of likely N-dealkylation sites (tertiary alicyclic amines) is 1. The SMILES string of the molecule is Cc1nc(Nc2ccccc2N2CCOCC2)cc(C(=O)N2CCCC2)n1. The predicted molar refractivity (Wildman–Crippen MR) is 105 cm³/mol. The normalized spacial score (nSPS) is 17.2. The van der Waals surface area contributed by atoms with Gasteiger partial charge in [-0.2, -0.15) is 0 Å². The third kappa shape index (κ3) is 4.03. The van der Waals surface area contributed by atoms with E-state index in [0.29, 0.717) is 17.3 Å². The average Bonchev–Trinajstić information content (AvgIpc) is 3.23. The molecule has 0 aliphatic carbocycles. The summed E-state index contributed by atoms with van der Waals surface area (Å²) in [5.41, 5.74) is 2.54. The lowest BCUT2D eigenvalue weighted by Crippen LogP contribution is -2.36. The third-order valence-corrected chi connectivity index (χ3v) is 4.97. The first-order valence-corrected chi connectivity index (χ1v) is 9.54. The Balaban J connectivity index is 1.58. The average molecular weight is 367 g/mol. The van der Waals surface area contributed by atoms with Crippen LogP contribution in [0.2, 0.25) is 0 Å². The molecular formula is C20H25N5O2.